The maximum Gasteiger partial charge on any atom is 0.263 e. The molecule has 0 aliphatic carbocycles. The number of nitrogens with two attached hydrogens (primary N) is 1. The van der Waals surface area contributed by atoms with Crippen LogP contribution in [0.25, 0.3) is 0 Å². The first-order chi connectivity index (χ1) is 9.92. The summed E-state index contributed by atoms with van der Waals surface area (Å²) in [4.78, 5) is 4.20. The van der Waals surface area contributed by atoms with Crippen LogP contribution in [0.3, 0.4) is 0 Å². The van der Waals surface area contributed by atoms with Gasteiger partial charge in [0.05, 0.1) is 4.90 Å². The van der Waals surface area contributed by atoms with E-state index in [1.54, 1.807) is 36.5 Å². The van der Waals surface area contributed by atoms with Gasteiger partial charge in [-0.05, 0) is 48.7 Å². The molecule has 6 heteroatoms. The highest BCUT2D eigenvalue weighted by Crippen LogP contribution is 2.20. The van der Waals surface area contributed by atoms with Crippen molar-refractivity contribution in [3.05, 3.63) is 53.7 Å². The van der Waals surface area contributed by atoms with Crippen LogP contribution < -0.4 is 10.5 Å². The lowest BCUT2D eigenvalue weighted by Crippen LogP contribution is -2.15. The third-order valence-electron chi connectivity index (χ3n) is 3.19. The largest absolute Gasteiger partial charge is 0.324 e. The maximum atomic E-state index is 12.4. The summed E-state index contributed by atoms with van der Waals surface area (Å²) in [5.74, 6) is 0.306. The van der Waals surface area contributed by atoms with Crippen LogP contribution in [0.1, 0.15) is 30.5 Å². The number of benzene rings is 1. The first-order valence-corrected chi connectivity index (χ1v) is 8.21. The average molecular weight is 305 g/mol. The highest BCUT2D eigenvalue weighted by atomic mass is 32.2. The van der Waals surface area contributed by atoms with Crippen LogP contribution in [0.4, 0.5) is 5.82 Å². The molecule has 0 aliphatic heterocycles. The summed E-state index contributed by atoms with van der Waals surface area (Å²) >= 11 is 0. The standard InChI is InChI=1S/C15H19N3O2S/c1-3-14(16)12-5-4-6-13(10-12)21(19,20)18-15-9-11(2)7-8-17-15/h4-10,14H,3,16H2,1-2H3,(H,17,18). The zero-order chi connectivity index (χ0) is 15.5. The number of nitrogens with one attached hydrogen (secondary N) is 1. The topological polar surface area (TPSA) is 85.1 Å². The van der Waals surface area contributed by atoms with E-state index in [1.165, 1.54) is 0 Å². The summed E-state index contributed by atoms with van der Waals surface area (Å²) in [6.07, 6.45) is 2.31. The molecule has 0 fully saturated rings. The predicted octanol–water partition coefficient (Wildman–Crippen LogP) is 2.60. The van der Waals surface area contributed by atoms with Crippen LogP contribution in [0.15, 0.2) is 47.5 Å². The van der Waals surface area contributed by atoms with Crippen molar-refractivity contribution in [1.82, 2.24) is 4.98 Å². The molecule has 5 nitrogen and oxygen atoms in total. The van der Waals surface area contributed by atoms with Gasteiger partial charge in [-0.2, -0.15) is 0 Å². The van der Waals surface area contributed by atoms with Crippen molar-refractivity contribution in [1.29, 1.82) is 0 Å². The number of anilines is 1. The number of aryl methyl sites for hydroxylation is 1. The molecule has 112 valence electrons. The Morgan fingerprint density at radius 2 is 2.05 bits per heavy atom. The van der Waals surface area contributed by atoms with E-state index in [-0.39, 0.29) is 10.9 Å². The molecule has 0 radical (unpaired) electrons. The Morgan fingerprint density at radius 1 is 1.29 bits per heavy atom. The second-order valence-electron chi connectivity index (χ2n) is 4.91. The highest BCUT2D eigenvalue weighted by molar-refractivity contribution is 7.92. The van der Waals surface area contributed by atoms with Crippen molar-refractivity contribution in [2.24, 2.45) is 5.73 Å². The van der Waals surface area contributed by atoms with Crippen molar-refractivity contribution in [2.75, 3.05) is 4.72 Å². The molecule has 1 aromatic carbocycles. The Balaban J connectivity index is 2.31. The minimum absolute atomic E-state index is 0.169. The smallest absolute Gasteiger partial charge is 0.263 e. The summed E-state index contributed by atoms with van der Waals surface area (Å²) in [6, 6.07) is 9.99. The molecular formula is C15H19N3O2S. The Bertz CT molecular complexity index is 729. The van der Waals surface area contributed by atoms with Crippen LogP contribution in [-0.2, 0) is 10.0 Å². The number of nitrogens with zero attached hydrogens (tertiary/aromatic N) is 1. The highest BCUT2D eigenvalue weighted by Gasteiger charge is 2.16. The van der Waals surface area contributed by atoms with E-state index in [1.807, 2.05) is 19.9 Å². The second-order valence-corrected chi connectivity index (χ2v) is 6.59. The van der Waals surface area contributed by atoms with Gasteiger partial charge in [0.15, 0.2) is 0 Å². The fourth-order valence-electron chi connectivity index (χ4n) is 1.94. The molecule has 0 bridgehead atoms. The van der Waals surface area contributed by atoms with Crippen molar-refractivity contribution >= 4 is 15.8 Å². The zero-order valence-corrected chi connectivity index (χ0v) is 12.9. The minimum Gasteiger partial charge on any atom is -0.324 e. The molecule has 0 spiro atoms. The summed E-state index contributed by atoms with van der Waals surface area (Å²) in [6.45, 7) is 3.83. The van der Waals surface area contributed by atoms with Gasteiger partial charge in [-0.15, -0.1) is 0 Å². The number of hydrogen-bond acceptors (Lipinski definition) is 4. The van der Waals surface area contributed by atoms with Crippen LogP contribution in [0.2, 0.25) is 0 Å². The number of pyridine rings is 1. The quantitative estimate of drug-likeness (QED) is 0.889. The first kappa shape index (κ1) is 15.5. The van der Waals surface area contributed by atoms with Crippen molar-refractivity contribution in [3.8, 4) is 0 Å². The molecule has 1 heterocycles. The molecular weight excluding hydrogens is 286 g/mol. The van der Waals surface area contributed by atoms with Gasteiger partial charge in [-0.25, -0.2) is 13.4 Å². The van der Waals surface area contributed by atoms with Gasteiger partial charge in [0, 0.05) is 12.2 Å². The zero-order valence-electron chi connectivity index (χ0n) is 12.1. The number of hydrogen-bond donors (Lipinski definition) is 2. The lowest BCUT2D eigenvalue weighted by atomic mass is 10.1. The molecule has 0 saturated carbocycles. The second kappa shape index (κ2) is 6.24. The summed E-state index contributed by atoms with van der Waals surface area (Å²) in [7, 11) is -3.66. The number of aromatic nitrogens is 1. The van der Waals surface area contributed by atoms with Gasteiger partial charge in [0.25, 0.3) is 10.0 Å². The van der Waals surface area contributed by atoms with Crippen LogP contribution in [0, 0.1) is 6.92 Å². The van der Waals surface area contributed by atoms with E-state index in [0.717, 1.165) is 17.5 Å². The summed E-state index contributed by atoms with van der Waals surface area (Å²) in [5, 5.41) is 0. The molecule has 21 heavy (non-hydrogen) atoms. The molecule has 0 aliphatic rings. The molecule has 2 aromatic rings. The van der Waals surface area contributed by atoms with Gasteiger partial charge in [-0.1, -0.05) is 19.1 Å². The minimum atomic E-state index is -3.66. The fourth-order valence-corrected chi connectivity index (χ4v) is 2.99. The summed E-state index contributed by atoms with van der Waals surface area (Å²) < 4.78 is 27.2. The first-order valence-electron chi connectivity index (χ1n) is 6.73. The molecule has 0 amide bonds. The van der Waals surface area contributed by atoms with E-state index >= 15 is 0 Å². The van der Waals surface area contributed by atoms with E-state index in [2.05, 4.69) is 9.71 Å². The monoisotopic (exact) mass is 305 g/mol. The van der Waals surface area contributed by atoms with E-state index < -0.39 is 10.0 Å². The average Bonchev–Trinajstić information content (AvgIpc) is 2.46. The van der Waals surface area contributed by atoms with Gasteiger partial charge in [-0.3, -0.25) is 4.72 Å². The lowest BCUT2D eigenvalue weighted by molar-refractivity contribution is 0.600. The Morgan fingerprint density at radius 3 is 2.71 bits per heavy atom. The van der Waals surface area contributed by atoms with Crippen LogP contribution >= 0.6 is 0 Å². The number of rotatable bonds is 5. The molecule has 1 unspecified atom stereocenters. The van der Waals surface area contributed by atoms with Crippen LogP contribution in [0.5, 0.6) is 0 Å². The van der Waals surface area contributed by atoms with Gasteiger partial charge in [0.2, 0.25) is 0 Å². The van der Waals surface area contributed by atoms with Gasteiger partial charge >= 0.3 is 0 Å². The third-order valence-corrected chi connectivity index (χ3v) is 4.54. The fraction of sp³-hybridized carbons (Fsp3) is 0.267. The van der Waals surface area contributed by atoms with Crippen molar-refractivity contribution < 1.29 is 8.42 Å². The van der Waals surface area contributed by atoms with Gasteiger partial charge < -0.3 is 5.73 Å². The molecule has 2 rings (SSSR count). The Hall–Kier alpha value is -1.92. The third kappa shape index (κ3) is 3.80. The molecule has 1 atom stereocenters. The molecule has 3 N–H and O–H groups in total. The normalized spacial score (nSPS) is 12.9. The lowest BCUT2D eigenvalue weighted by Gasteiger charge is -2.12. The predicted molar refractivity (Wildman–Crippen MR) is 83.4 cm³/mol. The van der Waals surface area contributed by atoms with Gasteiger partial charge in [0.1, 0.15) is 5.82 Å². The van der Waals surface area contributed by atoms with E-state index in [0.29, 0.717) is 5.82 Å². The van der Waals surface area contributed by atoms with Crippen molar-refractivity contribution in [3.63, 3.8) is 0 Å². The van der Waals surface area contributed by atoms with Crippen molar-refractivity contribution in [2.45, 2.75) is 31.2 Å². The van der Waals surface area contributed by atoms with E-state index in [4.69, 9.17) is 5.73 Å². The van der Waals surface area contributed by atoms with E-state index in [9.17, 15) is 8.42 Å². The molecule has 1 aromatic heterocycles. The Kier molecular flexibility index (Phi) is 4.59. The van der Waals surface area contributed by atoms with Crippen LogP contribution in [-0.4, -0.2) is 13.4 Å². The number of sulfonamides is 1. The summed E-state index contributed by atoms with van der Waals surface area (Å²) in [5.41, 5.74) is 7.69. The maximum absolute atomic E-state index is 12.4. The molecule has 0 saturated heterocycles. The Labute approximate surface area is 125 Å². The SMILES string of the molecule is CCC(N)c1cccc(S(=O)(=O)Nc2cc(C)ccn2)c1.